The largest absolute Gasteiger partial charge is 0.322 e. The standard InChI is InChI=1S/C17H13BrN2O/c1-11-14(5-2-6-15(11)18)17(21)20-13-7-8-16-12(10-13)4-3-9-19-16/h2-10H,1H3,(H,20,21). The molecule has 0 aliphatic carbocycles. The number of benzene rings is 2. The number of nitrogens with zero attached hydrogens (tertiary/aromatic N) is 1. The topological polar surface area (TPSA) is 42.0 Å². The van der Waals surface area contributed by atoms with E-state index in [0.29, 0.717) is 5.56 Å². The van der Waals surface area contributed by atoms with Crippen LogP contribution in [-0.2, 0) is 0 Å². The van der Waals surface area contributed by atoms with E-state index in [0.717, 1.165) is 26.6 Å². The number of hydrogen-bond acceptors (Lipinski definition) is 2. The van der Waals surface area contributed by atoms with E-state index in [-0.39, 0.29) is 5.91 Å². The van der Waals surface area contributed by atoms with E-state index in [1.165, 1.54) is 0 Å². The Balaban J connectivity index is 1.91. The van der Waals surface area contributed by atoms with Crippen molar-refractivity contribution in [2.45, 2.75) is 6.92 Å². The molecular formula is C17H13BrN2O. The number of rotatable bonds is 2. The van der Waals surface area contributed by atoms with Gasteiger partial charge in [0.25, 0.3) is 5.91 Å². The van der Waals surface area contributed by atoms with Gasteiger partial charge < -0.3 is 5.32 Å². The Morgan fingerprint density at radius 2 is 2.00 bits per heavy atom. The predicted molar refractivity (Wildman–Crippen MR) is 88.6 cm³/mol. The predicted octanol–water partition coefficient (Wildman–Crippen LogP) is 4.56. The molecule has 0 atom stereocenters. The summed E-state index contributed by atoms with van der Waals surface area (Å²) in [6, 6.07) is 15.1. The molecule has 0 saturated heterocycles. The minimum Gasteiger partial charge on any atom is -0.322 e. The van der Waals surface area contributed by atoms with Gasteiger partial charge in [0.15, 0.2) is 0 Å². The zero-order valence-corrected chi connectivity index (χ0v) is 13.0. The van der Waals surface area contributed by atoms with Crippen molar-refractivity contribution >= 4 is 38.4 Å². The minimum atomic E-state index is -0.114. The van der Waals surface area contributed by atoms with Crippen molar-refractivity contribution in [1.82, 2.24) is 4.98 Å². The van der Waals surface area contributed by atoms with Crippen LogP contribution in [0.1, 0.15) is 15.9 Å². The van der Waals surface area contributed by atoms with Gasteiger partial charge in [0.05, 0.1) is 5.52 Å². The molecule has 3 rings (SSSR count). The Morgan fingerprint density at radius 3 is 2.86 bits per heavy atom. The fourth-order valence-corrected chi connectivity index (χ4v) is 2.57. The normalized spacial score (nSPS) is 10.6. The molecule has 21 heavy (non-hydrogen) atoms. The van der Waals surface area contributed by atoms with Gasteiger partial charge in [0.2, 0.25) is 0 Å². The van der Waals surface area contributed by atoms with E-state index < -0.39 is 0 Å². The number of halogens is 1. The maximum atomic E-state index is 12.4. The van der Waals surface area contributed by atoms with E-state index in [9.17, 15) is 4.79 Å². The van der Waals surface area contributed by atoms with Crippen molar-refractivity contribution in [3.63, 3.8) is 0 Å². The number of carbonyl (C=O) groups excluding carboxylic acids is 1. The summed E-state index contributed by atoms with van der Waals surface area (Å²) in [5.74, 6) is -0.114. The molecule has 0 unspecified atom stereocenters. The van der Waals surface area contributed by atoms with Crippen LogP contribution in [0, 0.1) is 6.92 Å². The summed E-state index contributed by atoms with van der Waals surface area (Å²) in [4.78, 5) is 16.6. The third kappa shape index (κ3) is 2.81. The Kier molecular flexibility index (Phi) is 3.71. The van der Waals surface area contributed by atoms with Crippen molar-refractivity contribution < 1.29 is 4.79 Å². The van der Waals surface area contributed by atoms with Crippen molar-refractivity contribution in [3.05, 3.63) is 70.3 Å². The summed E-state index contributed by atoms with van der Waals surface area (Å²) in [7, 11) is 0. The molecule has 0 radical (unpaired) electrons. The molecule has 104 valence electrons. The van der Waals surface area contributed by atoms with Crippen LogP contribution in [0.15, 0.2) is 59.2 Å². The van der Waals surface area contributed by atoms with Gasteiger partial charge in [-0.3, -0.25) is 9.78 Å². The summed E-state index contributed by atoms with van der Waals surface area (Å²) in [5, 5.41) is 3.93. The summed E-state index contributed by atoms with van der Waals surface area (Å²) < 4.78 is 0.929. The number of pyridine rings is 1. The van der Waals surface area contributed by atoms with E-state index >= 15 is 0 Å². The quantitative estimate of drug-likeness (QED) is 0.743. The van der Waals surface area contributed by atoms with Crippen LogP contribution >= 0.6 is 15.9 Å². The van der Waals surface area contributed by atoms with Gasteiger partial charge in [-0.15, -0.1) is 0 Å². The van der Waals surface area contributed by atoms with E-state index in [1.54, 1.807) is 6.20 Å². The monoisotopic (exact) mass is 340 g/mol. The highest BCUT2D eigenvalue weighted by Gasteiger charge is 2.11. The van der Waals surface area contributed by atoms with E-state index in [1.807, 2.05) is 55.5 Å². The molecule has 1 aromatic heterocycles. The second kappa shape index (κ2) is 5.66. The summed E-state index contributed by atoms with van der Waals surface area (Å²) in [6.45, 7) is 1.92. The molecule has 3 nitrogen and oxygen atoms in total. The molecule has 1 amide bonds. The lowest BCUT2D eigenvalue weighted by molar-refractivity contribution is 0.102. The third-order valence-corrected chi connectivity index (χ3v) is 4.23. The highest BCUT2D eigenvalue weighted by molar-refractivity contribution is 9.10. The van der Waals surface area contributed by atoms with Gasteiger partial charge >= 0.3 is 0 Å². The molecule has 4 heteroatoms. The second-order valence-corrected chi connectivity index (χ2v) is 5.63. The number of hydrogen-bond donors (Lipinski definition) is 1. The maximum absolute atomic E-state index is 12.4. The van der Waals surface area contributed by atoms with Gasteiger partial charge in [-0.2, -0.15) is 0 Å². The van der Waals surface area contributed by atoms with Crippen molar-refractivity contribution in [2.24, 2.45) is 0 Å². The first-order valence-electron chi connectivity index (χ1n) is 6.56. The number of anilines is 1. The minimum absolute atomic E-state index is 0.114. The van der Waals surface area contributed by atoms with Crippen molar-refractivity contribution in [2.75, 3.05) is 5.32 Å². The Labute approximate surface area is 131 Å². The van der Waals surface area contributed by atoms with Gasteiger partial charge in [-0.25, -0.2) is 0 Å². The van der Waals surface area contributed by atoms with Crippen LogP contribution < -0.4 is 5.32 Å². The van der Waals surface area contributed by atoms with Gasteiger partial charge in [-0.1, -0.05) is 28.1 Å². The van der Waals surface area contributed by atoms with Gasteiger partial charge in [0.1, 0.15) is 0 Å². The first kappa shape index (κ1) is 13.8. The third-order valence-electron chi connectivity index (χ3n) is 3.37. The van der Waals surface area contributed by atoms with Crippen molar-refractivity contribution in [1.29, 1.82) is 0 Å². The number of amides is 1. The van der Waals surface area contributed by atoms with Crippen LogP contribution in [0.25, 0.3) is 10.9 Å². The molecule has 0 saturated carbocycles. The van der Waals surface area contributed by atoms with E-state index in [4.69, 9.17) is 0 Å². The summed E-state index contributed by atoms with van der Waals surface area (Å²) >= 11 is 3.44. The zero-order valence-electron chi connectivity index (χ0n) is 11.4. The lowest BCUT2D eigenvalue weighted by Crippen LogP contribution is -2.13. The SMILES string of the molecule is Cc1c(Br)cccc1C(=O)Nc1ccc2ncccc2c1. The summed E-state index contributed by atoms with van der Waals surface area (Å²) in [6.07, 6.45) is 1.76. The number of aromatic nitrogens is 1. The first-order chi connectivity index (χ1) is 10.1. The molecule has 0 aliphatic heterocycles. The lowest BCUT2D eigenvalue weighted by atomic mass is 10.1. The number of fused-ring (bicyclic) bond motifs is 1. The van der Waals surface area contributed by atoms with Gasteiger partial charge in [0, 0.05) is 27.3 Å². The average molecular weight is 341 g/mol. The second-order valence-electron chi connectivity index (χ2n) is 4.78. The Hall–Kier alpha value is -2.20. The smallest absolute Gasteiger partial charge is 0.255 e. The molecule has 0 bridgehead atoms. The molecule has 1 heterocycles. The fraction of sp³-hybridized carbons (Fsp3) is 0.0588. The molecule has 2 aromatic carbocycles. The van der Waals surface area contributed by atoms with Crippen LogP contribution in [0.3, 0.4) is 0 Å². The van der Waals surface area contributed by atoms with Crippen molar-refractivity contribution in [3.8, 4) is 0 Å². The van der Waals surface area contributed by atoms with Crippen LogP contribution in [-0.4, -0.2) is 10.9 Å². The highest BCUT2D eigenvalue weighted by Crippen LogP contribution is 2.22. The molecule has 0 aliphatic rings. The lowest BCUT2D eigenvalue weighted by Gasteiger charge is -2.09. The van der Waals surface area contributed by atoms with E-state index in [2.05, 4.69) is 26.2 Å². The fourth-order valence-electron chi connectivity index (χ4n) is 2.21. The van der Waals surface area contributed by atoms with Crippen LogP contribution in [0.4, 0.5) is 5.69 Å². The van der Waals surface area contributed by atoms with Crippen LogP contribution in [0.5, 0.6) is 0 Å². The zero-order chi connectivity index (χ0) is 14.8. The number of carbonyl (C=O) groups is 1. The molecule has 3 aromatic rings. The Morgan fingerprint density at radius 1 is 1.14 bits per heavy atom. The molecular weight excluding hydrogens is 328 g/mol. The first-order valence-corrected chi connectivity index (χ1v) is 7.36. The van der Waals surface area contributed by atoms with Crippen LogP contribution in [0.2, 0.25) is 0 Å². The molecule has 0 spiro atoms. The Bertz CT molecular complexity index is 830. The molecule has 1 N–H and O–H groups in total. The van der Waals surface area contributed by atoms with Gasteiger partial charge in [-0.05, 0) is 48.9 Å². The summed E-state index contributed by atoms with van der Waals surface area (Å²) in [5.41, 5.74) is 3.27. The highest BCUT2D eigenvalue weighted by atomic mass is 79.9. The molecule has 0 fully saturated rings. The average Bonchev–Trinajstić information content (AvgIpc) is 2.50. The number of nitrogens with one attached hydrogen (secondary N) is 1. The maximum Gasteiger partial charge on any atom is 0.255 e.